The highest BCUT2D eigenvalue weighted by Gasteiger charge is 2.26. The van der Waals surface area contributed by atoms with Crippen LogP contribution in [-0.2, 0) is 4.74 Å². The van der Waals surface area contributed by atoms with Crippen LogP contribution >= 0.6 is 0 Å². The van der Waals surface area contributed by atoms with E-state index >= 15 is 0 Å². The number of nitrogens with zero attached hydrogens (tertiary/aromatic N) is 2. The van der Waals surface area contributed by atoms with Crippen molar-refractivity contribution in [2.24, 2.45) is 0 Å². The van der Waals surface area contributed by atoms with E-state index in [2.05, 4.69) is 4.90 Å². The van der Waals surface area contributed by atoms with Crippen molar-refractivity contribution in [2.45, 2.75) is 18.9 Å². The van der Waals surface area contributed by atoms with Crippen LogP contribution < -0.4 is 0 Å². The monoisotopic (exact) mass is 310 g/mol. The first-order chi connectivity index (χ1) is 10.6. The molecule has 0 bridgehead atoms. The van der Waals surface area contributed by atoms with E-state index in [0.29, 0.717) is 19.2 Å². The lowest BCUT2D eigenvalue weighted by Gasteiger charge is -2.35. The van der Waals surface area contributed by atoms with Crippen LogP contribution in [0.5, 0.6) is 0 Å². The SMILES string of the molecule is O=C(c1ccc(F)cc1F)N1CCN(CC2CCCO2)CC1. The molecule has 0 saturated carbocycles. The van der Waals surface area contributed by atoms with Crippen molar-refractivity contribution in [3.05, 3.63) is 35.4 Å². The molecule has 0 aliphatic carbocycles. The van der Waals surface area contributed by atoms with Gasteiger partial charge >= 0.3 is 0 Å². The average Bonchev–Trinajstić information content (AvgIpc) is 3.00. The molecule has 1 unspecified atom stereocenters. The third kappa shape index (κ3) is 3.44. The van der Waals surface area contributed by atoms with Crippen molar-refractivity contribution in [3.8, 4) is 0 Å². The Morgan fingerprint density at radius 1 is 1.23 bits per heavy atom. The number of halogens is 2. The molecule has 1 aromatic carbocycles. The van der Waals surface area contributed by atoms with E-state index in [1.807, 2.05) is 0 Å². The van der Waals surface area contributed by atoms with E-state index in [1.54, 1.807) is 4.90 Å². The molecule has 2 saturated heterocycles. The summed E-state index contributed by atoms with van der Waals surface area (Å²) < 4.78 is 32.2. The smallest absolute Gasteiger partial charge is 0.256 e. The molecule has 2 aliphatic rings. The van der Waals surface area contributed by atoms with E-state index in [4.69, 9.17) is 4.74 Å². The van der Waals surface area contributed by atoms with Gasteiger partial charge in [-0.05, 0) is 25.0 Å². The molecular weight excluding hydrogens is 290 g/mol. The first kappa shape index (κ1) is 15.4. The molecule has 1 atom stereocenters. The summed E-state index contributed by atoms with van der Waals surface area (Å²) in [6.07, 6.45) is 2.52. The molecule has 1 aromatic rings. The quantitative estimate of drug-likeness (QED) is 0.855. The first-order valence-corrected chi connectivity index (χ1v) is 7.72. The normalized spacial score (nSPS) is 23.0. The summed E-state index contributed by atoms with van der Waals surface area (Å²) in [6.45, 7) is 4.37. The number of hydrogen-bond acceptors (Lipinski definition) is 3. The lowest BCUT2D eigenvalue weighted by Crippen LogP contribution is -2.50. The Labute approximate surface area is 128 Å². The van der Waals surface area contributed by atoms with Crippen molar-refractivity contribution in [2.75, 3.05) is 39.3 Å². The molecule has 0 spiro atoms. The van der Waals surface area contributed by atoms with Gasteiger partial charge in [-0.3, -0.25) is 9.69 Å². The van der Waals surface area contributed by atoms with Gasteiger partial charge in [0.2, 0.25) is 0 Å². The fraction of sp³-hybridized carbons (Fsp3) is 0.562. The zero-order valence-corrected chi connectivity index (χ0v) is 12.4. The molecule has 0 radical (unpaired) electrons. The van der Waals surface area contributed by atoms with E-state index in [0.717, 1.165) is 51.2 Å². The minimum Gasteiger partial charge on any atom is -0.377 e. The fourth-order valence-corrected chi connectivity index (χ4v) is 3.04. The zero-order chi connectivity index (χ0) is 15.5. The fourth-order valence-electron chi connectivity index (χ4n) is 3.04. The molecule has 6 heteroatoms. The molecule has 0 aromatic heterocycles. The number of piperazine rings is 1. The summed E-state index contributed by atoms with van der Waals surface area (Å²) in [7, 11) is 0. The van der Waals surface area contributed by atoms with Gasteiger partial charge in [-0.15, -0.1) is 0 Å². The molecule has 2 heterocycles. The number of rotatable bonds is 3. The second-order valence-corrected chi connectivity index (χ2v) is 5.85. The summed E-state index contributed by atoms with van der Waals surface area (Å²) >= 11 is 0. The number of carbonyl (C=O) groups excluding carboxylic acids is 1. The zero-order valence-electron chi connectivity index (χ0n) is 12.4. The Hall–Kier alpha value is -1.53. The molecule has 22 heavy (non-hydrogen) atoms. The van der Waals surface area contributed by atoms with Gasteiger partial charge < -0.3 is 9.64 Å². The lowest BCUT2D eigenvalue weighted by molar-refractivity contribution is 0.0430. The third-order valence-electron chi connectivity index (χ3n) is 4.31. The van der Waals surface area contributed by atoms with Gasteiger partial charge in [0, 0.05) is 45.4 Å². The van der Waals surface area contributed by atoms with Crippen LogP contribution in [0.1, 0.15) is 23.2 Å². The second kappa shape index (κ2) is 6.71. The standard InChI is InChI=1S/C16H20F2N2O2/c17-12-3-4-14(15(18)10-12)16(21)20-7-5-19(6-8-20)11-13-2-1-9-22-13/h3-4,10,13H,1-2,5-9,11H2. The van der Waals surface area contributed by atoms with Crippen LogP contribution in [-0.4, -0.2) is 61.1 Å². The molecule has 2 fully saturated rings. The lowest BCUT2D eigenvalue weighted by atomic mass is 10.1. The molecule has 120 valence electrons. The number of benzene rings is 1. The van der Waals surface area contributed by atoms with Crippen molar-refractivity contribution < 1.29 is 18.3 Å². The Balaban J connectivity index is 1.55. The van der Waals surface area contributed by atoms with E-state index in [9.17, 15) is 13.6 Å². The van der Waals surface area contributed by atoms with Crippen LogP contribution in [0.4, 0.5) is 8.78 Å². The summed E-state index contributed by atoms with van der Waals surface area (Å²) in [4.78, 5) is 16.2. The maximum Gasteiger partial charge on any atom is 0.256 e. The maximum atomic E-state index is 13.7. The minimum atomic E-state index is -0.799. The highest BCUT2D eigenvalue weighted by Crippen LogP contribution is 2.16. The Kier molecular flexibility index (Phi) is 4.69. The van der Waals surface area contributed by atoms with Crippen molar-refractivity contribution in [1.82, 2.24) is 9.80 Å². The van der Waals surface area contributed by atoms with E-state index < -0.39 is 11.6 Å². The minimum absolute atomic E-state index is 0.0611. The van der Waals surface area contributed by atoms with Gasteiger partial charge in [-0.25, -0.2) is 8.78 Å². The summed E-state index contributed by atoms with van der Waals surface area (Å²) in [5, 5.41) is 0. The van der Waals surface area contributed by atoms with Crippen LogP contribution in [0.15, 0.2) is 18.2 Å². The van der Waals surface area contributed by atoms with Gasteiger partial charge in [-0.2, -0.15) is 0 Å². The summed E-state index contributed by atoms with van der Waals surface area (Å²) in [5.41, 5.74) is -0.0611. The third-order valence-corrected chi connectivity index (χ3v) is 4.31. The number of hydrogen-bond donors (Lipinski definition) is 0. The Morgan fingerprint density at radius 2 is 2.00 bits per heavy atom. The molecule has 2 aliphatic heterocycles. The highest BCUT2D eigenvalue weighted by atomic mass is 19.1. The number of amides is 1. The van der Waals surface area contributed by atoms with Crippen molar-refractivity contribution in [1.29, 1.82) is 0 Å². The Bertz CT molecular complexity index is 539. The van der Waals surface area contributed by atoms with Gasteiger partial charge in [0.15, 0.2) is 0 Å². The van der Waals surface area contributed by atoms with Crippen molar-refractivity contribution in [3.63, 3.8) is 0 Å². The molecule has 3 rings (SSSR count). The van der Waals surface area contributed by atoms with Crippen LogP contribution in [0.2, 0.25) is 0 Å². The highest BCUT2D eigenvalue weighted by molar-refractivity contribution is 5.94. The maximum absolute atomic E-state index is 13.7. The molecule has 0 N–H and O–H groups in total. The van der Waals surface area contributed by atoms with Crippen molar-refractivity contribution >= 4 is 5.91 Å². The average molecular weight is 310 g/mol. The van der Waals surface area contributed by atoms with E-state index in [1.165, 1.54) is 6.07 Å². The topological polar surface area (TPSA) is 32.8 Å². The van der Waals surface area contributed by atoms with Gasteiger partial charge in [0.05, 0.1) is 11.7 Å². The predicted molar refractivity (Wildman–Crippen MR) is 77.7 cm³/mol. The number of ether oxygens (including phenoxy) is 1. The van der Waals surface area contributed by atoms with Gasteiger partial charge in [0.25, 0.3) is 5.91 Å². The largest absolute Gasteiger partial charge is 0.377 e. The predicted octanol–water partition coefficient (Wildman–Crippen LogP) is 1.90. The molecule has 4 nitrogen and oxygen atoms in total. The van der Waals surface area contributed by atoms with Crippen LogP contribution in [0, 0.1) is 11.6 Å². The van der Waals surface area contributed by atoms with Gasteiger partial charge in [-0.1, -0.05) is 0 Å². The second-order valence-electron chi connectivity index (χ2n) is 5.85. The summed E-state index contributed by atoms with van der Waals surface area (Å²) in [5.74, 6) is -1.84. The molecule has 1 amide bonds. The Morgan fingerprint density at radius 3 is 2.64 bits per heavy atom. The van der Waals surface area contributed by atoms with Crippen LogP contribution in [0.25, 0.3) is 0 Å². The van der Waals surface area contributed by atoms with Crippen LogP contribution in [0.3, 0.4) is 0 Å². The number of carbonyl (C=O) groups is 1. The molecular formula is C16H20F2N2O2. The summed E-state index contributed by atoms with van der Waals surface area (Å²) in [6, 6.07) is 3.08. The first-order valence-electron chi connectivity index (χ1n) is 7.72. The van der Waals surface area contributed by atoms with E-state index in [-0.39, 0.29) is 11.5 Å². The van der Waals surface area contributed by atoms with Gasteiger partial charge in [0.1, 0.15) is 11.6 Å².